The maximum absolute atomic E-state index is 6.10. The van der Waals surface area contributed by atoms with Crippen molar-refractivity contribution in [3.05, 3.63) is 39.6 Å². The summed E-state index contributed by atoms with van der Waals surface area (Å²) in [5, 5.41) is 4.19. The third-order valence-corrected chi connectivity index (χ3v) is 3.85. The van der Waals surface area contributed by atoms with E-state index in [-0.39, 0.29) is 5.92 Å². The summed E-state index contributed by atoms with van der Waals surface area (Å²) < 4.78 is 0. The van der Waals surface area contributed by atoms with Gasteiger partial charge in [-0.15, -0.1) is 0 Å². The first-order chi connectivity index (χ1) is 9.43. The average Bonchev–Trinajstić information content (AvgIpc) is 2.42. The quantitative estimate of drug-likeness (QED) is 0.874. The second-order valence-corrected chi connectivity index (χ2v) is 5.75. The summed E-state index contributed by atoms with van der Waals surface area (Å²) in [5.74, 6) is 1.90. The highest BCUT2D eigenvalue weighted by atomic mass is 35.5. The molecule has 0 fully saturated rings. The van der Waals surface area contributed by atoms with Crippen molar-refractivity contribution in [2.24, 2.45) is 0 Å². The van der Waals surface area contributed by atoms with E-state index in [0.29, 0.717) is 10.0 Å². The molecule has 1 heterocycles. The highest BCUT2D eigenvalue weighted by Crippen LogP contribution is 2.31. The van der Waals surface area contributed by atoms with Crippen LogP contribution in [-0.2, 0) is 0 Å². The molecule has 0 aliphatic rings. The monoisotopic (exact) mass is 309 g/mol. The van der Waals surface area contributed by atoms with Gasteiger partial charge >= 0.3 is 0 Å². The number of hydrogen-bond acceptors (Lipinski definition) is 3. The minimum Gasteiger partial charge on any atom is -0.373 e. The van der Waals surface area contributed by atoms with Crippen molar-refractivity contribution in [2.75, 3.05) is 12.4 Å². The fourth-order valence-electron chi connectivity index (χ4n) is 1.96. The highest BCUT2D eigenvalue weighted by molar-refractivity contribution is 6.42. The van der Waals surface area contributed by atoms with Crippen LogP contribution in [0.3, 0.4) is 0 Å². The van der Waals surface area contributed by atoms with Crippen LogP contribution < -0.4 is 5.32 Å². The Hall–Kier alpha value is -1.32. The number of rotatable bonds is 3. The van der Waals surface area contributed by atoms with E-state index in [1.165, 1.54) is 0 Å². The lowest BCUT2D eigenvalue weighted by molar-refractivity contribution is 0.775. The number of benzene rings is 1. The Morgan fingerprint density at radius 2 is 1.80 bits per heavy atom. The van der Waals surface area contributed by atoms with Crippen LogP contribution >= 0.6 is 23.2 Å². The third-order valence-electron chi connectivity index (χ3n) is 3.11. The standard InChI is InChI=1S/C15H17Cl2N3/c1-8(2)14-19-13(9(3)15(18-4)20-14)10-5-6-11(16)12(17)7-10/h5-8H,1-4H3,(H,18,19,20). The summed E-state index contributed by atoms with van der Waals surface area (Å²) >= 11 is 12.1. The van der Waals surface area contributed by atoms with Crippen molar-refractivity contribution in [3.63, 3.8) is 0 Å². The zero-order chi connectivity index (χ0) is 14.9. The van der Waals surface area contributed by atoms with Crippen molar-refractivity contribution < 1.29 is 0 Å². The molecule has 2 aromatic rings. The molecule has 0 radical (unpaired) electrons. The van der Waals surface area contributed by atoms with E-state index in [1.807, 2.05) is 26.1 Å². The average molecular weight is 310 g/mol. The molecule has 0 unspecified atom stereocenters. The first-order valence-electron chi connectivity index (χ1n) is 6.45. The van der Waals surface area contributed by atoms with Crippen LogP contribution in [0.4, 0.5) is 5.82 Å². The van der Waals surface area contributed by atoms with E-state index in [2.05, 4.69) is 29.1 Å². The maximum Gasteiger partial charge on any atom is 0.133 e. The van der Waals surface area contributed by atoms with Gasteiger partial charge in [0, 0.05) is 24.1 Å². The number of halogens is 2. The topological polar surface area (TPSA) is 37.8 Å². The van der Waals surface area contributed by atoms with Gasteiger partial charge in [-0.3, -0.25) is 0 Å². The predicted molar refractivity (Wildman–Crippen MR) is 85.9 cm³/mol. The molecule has 0 aliphatic heterocycles. The van der Waals surface area contributed by atoms with Gasteiger partial charge < -0.3 is 5.32 Å². The fraction of sp³-hybridized carbons (Fsp3) is 0.333. The Morgan fingerprint density at radius 1 is 1.10 bits per heavy atom. The molecule has 0 bridgehead atoms. The van der Waals surface area contributed by atoms with Gasteiger partial charge in [0.25, 0.3) is 0 Å². The zero-order valence-electron chi connectivity index (χ0n) is 12.0. The minimum atomic E-state index is 0.254. The number of nitrogens with zero attached hydrogens (tertiary/aromatic N) is 2. The molecule has 3 nitrogen and oxygen atoms in total. The third kappa shape index (κ3) is 2.89. The van der Waals surface area contributed by atoms with E-state index in [4.69, 9.17) is 23.2 Å². The smallest absolute Gasteiger partial charge is 0.133 e. The van der Waals surface area contributed by atoms with E-state index in [1.54, 1.807) is 6.07 Å². The van der Waals surface area contributed by atoms with Crippen LogP contribution in [0, 0.1) is 6.92 Å². The van der Waals surface area contributed by atoms with Gasteiger partial charge in [-0.2, -0.15) is 0 Å². The summed E-state index contributed by atoms with van der Waals surface area (Å²) in [4.78, 5) is 9.20. The summed E-state index contributed by atoms with van der Waals surface area (Å²) in [6, 6.07) is 5.55. The lowest BCUT2D eigenvalue weighted by Gasteiger charge is -2.14. The van der Waals surface area contributed by atoms with Crippen LogP contribution in [-0.4, -0.2) is 17.0 Å². The number of aromatic nitrogens is 2. The normalized spacial score (nSPS) is 10.9. The van der Waals surface area contributed by atoms with Gasteiger partial charge in [0.1, 0.15) is 11.6 Å². The Labute approximate surface area is 129 Å². The van der Waals surface area contributed by atoms with Crippen molar-refractivity contribution in [2.45, 2.75) is 26.7 Å². The Kier molecular flexibility index (Phi) is 4.51. The van der Waals surface area contributed by atoms with E-state index in [0.717, 1.165) is 28.5 Å². The van der Waals surface area contributed by atoms with Crippen molar-refractivity contribution in [3.8, 4) is 11.3 Å². The Bertz CT molecular complexity index is 639. The number of nitrogens with one attached hydrogen (secondary N) is 1. The molecule has 1 N–H and O–H groups in total. The lowest BCUT2D eigenvalue weighted by Crippen LogP contribution is -2.06. The summed E-state index contributed by atoms with van der Waals surface area (Å²) in [6.07, 6.45) is 0. The molecule has 0 amide bonds. The minimum absolute atomic E-state index is 0.254. The molecular formula is C15H17Cl2N3. The molecule has 0 spiro atoms. The molecule has 106 valence electrons. The maximum atomic E-state index is 6.10. The molecule has 0 aliphatic carbocycles. The van der Waals surface area contributed by atoms with Crippen LogP contribution in [0.2, 0.25) is 10.0 Å². The summed E-state index contributed by atoms with van der Waals surface area (Å²) in [7, 11) is 1.86. The van der Waals surface area contributed by atoms with Crippen molar-refractivity contribution in [1.82, 2.24) is 9.97 Å². The first-order valence-corrected chi connectivity index (χ1v) is 7.21. The van der Waals surface area contributed by atoms with E-state index >= 15 is 0 Å². The van der Waals surface area contributed by atoms with Gasteiger partial charge in [-0.05, 0) is 19.1 Å². The molecular weight excluding hydrogens is 293 g/mol. The molecule has 0 atom stereocenters. The van der Waals surface area contributed by atoms with Gasteiger partial charge in [-0.1, -0.05) is 43.1 Å². The summed E-state index contributed by atoms with van der Waals surface area (Å²) in [6.45, 7) is 6.14. The molecule has 20 heavy (non-hydrogen) atoms. The largest absolute Gasteiger partial charge is 0.373 e. The fourth-order valence-corrected chi connectivity index (χ4v) is 2.26. The second kappa shape index (κ2) is 5.98. The molecule has 0 saturated carbocycles. The van der Waals surface area contributed by atoms with Gasteiger partial charge in [0.2, 0.25) is 0 Å². The SMILES string of the molecule is CNc1nc(C(C)C)nc(-c2ccc(Cl)c(Cl)c2)c1C. The molecule has 0 saturated heterocycles. The molecule has 1 aromatic carbocycles. The van der Waals surface area contributed by atoms with Crippen LogP contribution in [0.5, 0.6) is 0 Å². The Balaban J connectivity index is 2.65. The number of anilines is 1. The van der Waals surface area contributed by atoms with E-state index < -0.39 is 0 Å². The second-order valence-electron chi connectivity index (χ2n) is 4.94. The van der Waals surface area contributed by atoms with Crippen LogP contribution in [0.15, 0.2) is 18.2 Å². The van der Waals surface area contributed by atoms with Crippen LogP contribution in [0.25, 0.3) is 11.3 Å². The number of hydrogen-bond donors (Lipinski definition) is 1. The summed E-state index contributed by atoms with van der Waals surface area (Å²) in [5.41, 5.74) is 2.82. The Morgan fingerprint density at radius 3 is 2.35 bits per heavy atom. The zero-order valence-corrected chi connectivity index (χ0v) is 13.5. The van der Waals surface area contributed by atoms with E-state index in [9.17, 15) is 0 Å². The molecule has 5 heteroatoms. The molecule has 2 rings (SSSR count). The van der Waals surface area contributed by atoms with Gasteiger partial charge in [0.05, 0.1) is 15.7 Å². The van der Waals surface area contributed by atoms with Crippen molar-refractivity contribution in [1.29, 1.82) is 0 Å². The molecule has 1 aromatic heterocycles. The van der Waals surface area contributed by atoms with Gasteiger partial charge in [-0.25, -0.2) is 9.97 Å². The van der Waals surface area contributed by atoms with Gasteiger partial charge in [0.15, 0.2) is 0 Å². The van der Waals surface area contributed by atoms with Crippen molar-refractivity contribution >= 4 is 29.0 Å². The lowest BCUT2D eigenvalue weighted by atomic mass is 10.1. The van der Waals surface area contributed by atoms with Crippen LogP contribution in [0.1, 0.15) is 31.2 Å². The highest BCUT2D eigenvalue weighted by Gasteiger charge is 2.14. The predicted octanol–water partition coefficient (Wildman–Crippen LogP) is 4.92. The first kappa shape index (κ1) is 15.1.